The summed E-state index contributed by atoms with van der Waals surface area (Å²) in [6.07, 6.45) is 2.01. The first-order valence-corrected chi connectivity index (χ1v) is 9.02. The van der Waals surface area contributed by atoms with Crippen molar-refractivity contribution in [1.82, 2.24) is 0 Å². The number of nitrogens with zero attached hydrogens (tertiary/aromatic N) is 1. The number of likely N-dealkylation sites (N-methyl/N-ethyl adjacent to an activating group) is 1. The van der Waals surface area contributed by atoms with Crippen molar-refractivity contribution in [2.24, 2.45) is 0 Å². The number of carbonyl (C=O) groups is 1. The molecule has 3 aromatic carbocycles. The predicted molar refractivity (Wildman–Crippen MR) is 107 cm³/mol. The topological polar surface area (TPSA) is 29.5 Å². The van der Waals surface area contributed by atoms with Crippen LogP contribution in [0.5, 0.6) is 5.75 Å². The van der Waals surface area contributed by atoms with Crippen molar-refractivity contribution in [2.45, 2.75) is 13.8 Å². The van der Waals surface area contributed by atoms with E-state index in [9.17, 15) is 4.79 Å². The van der Waals surface area contributed by atoms with Gasteiger partial charge in [0.25, 0.3) is 5.91 Å². The van der Waals surface area contributed by atoms with Crippen LogP contribution in [0.15, 0.2) is 60.7 Å². The van der Waals surface area contributed by atoms with Crippen molar-refractivity contribution >= 4 is 34.0 Å². The smallest absolute Gasteiger partial charge is 0.258 e. The highest BCUT2D eigenvalue weighted by molar-refractivity contribution is 6.36. The summed E-state index contributed by atoms with van der Waals surface area (Å²) in [4.78, 5) is 14.8. The normalized spacial score (nSPS) is 14.9. The van der Waals surface area contributed by atoms with E-state index in [1.54, 1.807) is 0 Å². The molecule has 0 atom stereocenters. The molecule has 3 heteroatoms. The van der Waals surface area contributed by atoms with Crippen LogP contribution < -0.4 is 9.64 Å². The number of rotatable bonds is 4. The highest BCUT2D eigenvalue weighted by atomic mass is 16.5. The number of para-hydroxylation sites is 1. The van der Waals surface area contributed by atoms with Crippen molar-refractivity contribution in [2.75, 3.05) is 18.1 Å². The Balaban J connectivity index is 1.90. The molecular weight excluding hydrogens is 322 g/mol. The second kappa shape index (κ2) is 6.68. The maximum Gasteiger partial charge on any atom is 0.258 e. The molecule has 0 aliphatic carbocycles. The fourth-order valence-corrected chi connectivity index (χ4v) is 3.62. The highest BCUT2D eigenvalue weighted by Crippen LogP contribution is 2.38. The van der Waals surface area contributed by atoms with Crippen LogP contribution in [0.3, 0.4) is 0 Å². The first-order valence-electron chi connectivity index (χ1n) is 9.02. The van der Waals surface area contributed by atoms with Crippen LogP contribution >= 0.6 is 0 Å². The van der Waals surface area contributed by atoms with Gasteiger partial charge in [-0.1, -0.05) is 48.5 Å². The van der Waals surface area contributed by atoms with Gasteiger partial charge in [-0.3, -0.25) is 4.79 Å². The number of amides is 1. The average Bonchev–Trinajstić information content (AvgIpc) is 2.95. The van der Waals surface area contributed by atoms with Gasteiger partial charge in [-0.05, 0) is 43.0 Å². The molecule has 0 radical (unpaired) electrons. The Hall–Kier alpha value is -3.07. The van der Waals surface area contributed by atoms with Gasteiger partial charge >= 0.3 is 0 Å². The Morgan fingerprint density at radius 1 is 0.923 bits per heavy atom. The molecular formula is C23H21NO2. The molecule has 0 saturated heterocycles. The number of hydrogen-bond acceptors (Lipinski definition) is 2. The van der Waals surface area contributed by atoms with E-state index in [1.807, 2.05) is 73.4 Å². The SMILES string of the molecule is CCOc1ccc(/C=C2\C(=O)N(CC)c3ccccc32)c2ccccc12. The first kappa shape index (κ1) is 16.4. The third kappa shape index (κ3) is 2.57. The van der Waals surface area contributed by atoms with Crippen molar-refractivity contribution in [3.63, 3.8) is 0 Å². The lowest BCUT2D eigenvalue weighted by atomic mass is 9.99. The summed E-state index contributed by atoms with van der Waals surface area (Å²) in [5, 5.41) is 2.15. The minimum Gasteiger partial charge on any atom is -0.493 e. The van der Waals surface area contributed by atoms with Crippen molar-refractivity contribution in [1.29, 1.82) is 0 Å². The van der Waals surface area contributed by atoms with E-state index in [4.69, 9.17) is 4.74 Å². The molecule has 1 aliphatic rings. The average molecular weight is 343 g/mol. The van der Waals surface area contributed by atoms with E-state index < -0.39 is 0 Å². The predicted octanol–water partition coefficient (Wildman–Crippen LogP) is 5.15. The minimum atomic E-state index is 0.0617. The molecule has 0 N–H and O–H groups in total. The summed E-state index contributed by atoms with van der Waals surface area (Å²) >= 11 is 0. The highest BCUT2D eigenvalue weighted by Gasteiger charge is 2.30. The summed E-state index contributed by atoms with van der Waals surface area (Å²) < 4.78 is 5.76. The van der Waals surface area contributed by atoms with Gasteiger partial charge in [0, 0.05) is 23.1 Å². The zero-order valence-corrected chi connectivity index (χ0v) is 15.0. The van der Waals surface area contributed by atoms with Gasteiger partial charge in [0.1, 0.15) is 5.75 Å². The van der Waals surface area contributed by atoms with E-state index in [0.29, 0.717) is 13.2 Å². The lowest BCUT2D eigenvalue weighted by Gasteiger charge is -2.13. The summed E-state index contributed by atoms with van der Waals surface area (Å²) in [7, 11) is 0. The summed E-state index contributed by atoms with van der Waals surface area (Å²) in [5.41, 5.74) is 3.76. The fourth-order valence-electron chi connectivity index (χ4n) is 3.62. The maximum atomic E-state index is 12.9. The molecule has 130 valence electrons. The first-order chi connectivity index (χ1) is 12.7. The second-order valence-electron chi connectivity index (χ2n) is 6.26. The van der Waals surface area contributed by atoms with Gasteiger partial charge in [-0.2, -0.15) is 0 Å². The Bertz CT molecular complexity index is 1020. The Morgan fingerprint density at radius 3 is 2.42 bits per heavy atom. The van der Waals surface area contributed by atoms with E-state index in [2.05, 4.69) is 12.1 Å². The van der Waals surface area contributed by atoms with E-state index in [1.165, 1.54) is 0 Å². The monoisotopic (exact) mass is 343 g/mol. The van der Waals surface area contributed by atoms with Gasteiger partial charge in [0.15, 0.2) is 0 Å². The molecule has 4 rings (SSSR count). The van der Waals surface area contributed by atoms with Crippen LogP contribution in [0.2, 0.25) is 0 Å². The van der Waals surface area contributed by atoms with Crippen LogP contribution in [-0.4, -0.2) is 19.1 Å². The van der Waals surface area contributed by atoms with Crippen molar-refractivity contribution in [3.05, 3.63) is 71.8 Å². The molecule has 0 saturated carbocycles. The van der Waals surface area contributed by atoms with Gasteiger partial charge in [0.05, 0.1) is 12.3 Å². The quantitative estimate of drug-likeness (QED) is 0.614. The number of ether oxygens (including phenoxy) is 1. The molecule has 0 unspecified atom stereocenters. The molecule has 1 heterocycles. The lowest BCUT2D eigenvalue weighted by Crippen LogP contribution is -2.25. The zero-order chi connectivity index (χ0) is 18.1. The van der Waals surface area contributed by atoms with E-state index >= 15 is 0 Å². The Labute approximate surface area is 153 Å². The van der Waals surface area contributed by atoms with Gasteiger partial charge in [-0.15, -0.1) is 0 Å². The number of benzene rings is 3. The maximum absolute atomic E-state index is 12.9. The van der Waals surface area contributed by atoms with Crippen LogP contribution in [0, 0.1) is 0 Å². The van der Waals surface area contributed by atoms with Crippen molar-refractivity contribution < 1.29 is 9.53 Å². The van der Waals surface area contributed by atoms with Crippen LogP contribution in [-0.2, 0) is 4.79 Å². The lowest BCUT2D eigenvalue weighted by molar-refractivity contribution is -0.112. The molecule has 1 amide bonds. The number of hydrogen-bond donors (Lipinski definition) is 0. The second-order valence-corrected chi connectivity index (χ2v) is 6.26. The third-order valence-corrected chi connectivity index (χ3v) is 4.79. The van der Waals surface area contributed by atoms with Crippen LogP contribution in [0.1, 0.15) is 25.0 Å². The number of anilines is 1. The van der Waals surface area contributed by atoms with Crippen LogP contribution in [0.25, 0.3) is 22.4 Å². The molecule has 0 bridgehead atoms. The molecule has 1 aliphatic heterocycles. The van der Waals surface area contributed by atoms with Crippen LogP contribution in [0.4, 0.5) is 5.69 Å². The van der Waals surface area contributed by atoms with Gasteiger partial charge in [0.2, 0.25) is 0 Å². The molecule has 3 nitrogen and oxygen atoms in total. The standard InChI is InChI=1S/C23H21NO2/c1-3-24-21-12-8-7-10-18(21)20(23(24)25)15-16-13-14-22(26-4-2)19-11-6-5-9-17(16)19/h5-15H,3-4H2,1-2H3/b20-15-. The van der Waals surface area contributed by atoms with E-state index in [-0.39, 0.29) is 5.91 Å². The minimum absolute atomic E-state index is 0.0617. The van der Waals surface area contributed by atoms with Gasteiger partial charge < -0.3 is 9.64 Å². The number of carbonyl (C=O) groups excluding carboxylic acids is 1. The molecule has 3 aromatic rings. The summed E-state index contributed by atoms with van der Waals surface area (Å²) in [6, 6.07) is 20.2. The fraction of sp³-hybridized carbons (Fsp3) is 0.174. The third-order valence-electron chi connectivity index (χ3n) is 4.79. The Morgan fingerprint density at radius 2 is 1.65 bits per heavy atom. The largest absolute Gasteiger partial charge is 0.493 e. The Kier molecular flexibility index (Phi) is 4.21. The number of fused-ring (bicyclic) bond motifs is 2. The molecule has 26 heavy (non-hydrogen) atoms. The van der Waals surface area contributed by atoms with Crippen molar-refractivity contribution in [3.8, 4) is 5.75 Å². The molecule has 0 spiro atoms. The zero-order valence-electron chi connectivity index (χ0n) is 15.0. The van der Waals surface area contributed by atoms with E-state index in [0.717, 1.165) is 38.9 Å². The van der Waals surface area contributed by atoms with Gasteiger partial charge in [-0.25, -0.2) is 0 Å². The summed E-state index contributed by atoms with van der Waals surface area (Å²) in [6.45, 7) is 5.28. The molecule has 0 fully saturated rings. The summed E-state index contributed by atoms with van der Waals surface area (Å²) in [5.74, 6) is 0.935. The molecule has 0 aromatic heterocycles.